The first-order valence-corrected chi connectivity index (χ1v) is 8.28. The first-order chi connectivity index (χ1) is 9.11. The number of likely N-dealkylation sites (N-methyl/N-ethyl adjacent to an activating group) is 1. The molecule has 5 heteroatoms. The predicted molar refractivity (Wildman–Crippen MR) is 85.6 cm³/mol. The molecule has 1 aromatic carbocycles. The minimum absolute atomic E-state index is 0.120. The Bertz CT molecular complexity index is 384. The van der Waals surface area contributed by atoms with E-state index in [1.807, 2.05) is 12.1 Å². The van der Waals surface area contributed by atoms with Crippen LogP contribution >= 0.6 is 27.7 Å². The molecule has 1 rings (SSSR count). The lowest BCUT2D eigenvalue weighted by Crippen LogP contribution is -2.38. The van der Waals surface area contributed by atoms with Gasteiger partial charge in [-0.3, -0.25) is 4.79 Å². The highest BCUT2D eigenvalue weighted by Crippen LogP contribution is 2.20. The molecular formula is C14H21BrN2OS. The molecule has 0 radical (unpaired) electrons. The van der Waals surface area contributed by atoms with Crippen LogP contribution in [0.1, 0.15) is 20.3 Å². The maximum atomic E-state index is 11.6. The van der Waals surface area contributed by atoms with E-state index in [9.17, 15) is 4.79 Å². The van der Waals surface area contributed by atoms with Crippen molar-refractivity contribution in [3.63, 3.8) is 0 Å². The lowest BCUT2D eigenvalue weighted by molar-refractivity contribution is -0.120. The molecule has 0 saturated carbocycles. The fourth-order valence-electron chi connectivity index (χ4n) is 1.57. The van der Waals surface area contributed by atoms with Crippen LogP contribution in [0.2, 0.25) is 0 Å². The van der Waals surface area contributed by atoms with Crippen LogP contribution in [0.25, 0.3) is 0 Å². The van der Waals surface area contributed by atoms with Gasteiger partial charge in [0, 0.05) is 34.1 Å². The Morgan fingerprint density at radius 1 is 1.37 bits per heavy atom. The Kier molecular flexibility index (Phi) is 8.18. The summed E-state index contributed by atoms with van der Waals surface area (Å²) in [4.78, 5) is 12.8. The third-order valence-corrected chi connectivity index (χ3v) is 4.11. The topological polar surface area (TPSA) is 41.1 Å². The van der Waals surface area contributed by atoms with Crippen LogP contribution in [0.5, 0.6) is 0 Å². The molecule has 0 fully saturated rings. The second-order valence-corrected chi connectivity index (χ2v) is 6.40. The van der Waals surface area contributed by atoms with Gasteiger partial charge in [-0.1, -0.05) is 22.9 Å². The van der Waals surface area contributed by atoms with E-state index in [0.29, 0.717) is 19.0 Å². The molecule has 0 bridgehead atoms. The van der Waals surface area contributed by atoms with E-state index in [-0.39, 0.29) is 5.91 Å². The molecule has 0 saturated heterocycles. The van der Waals surface area contributed by atoms with Gasteiger partial charge in [0.05, 0.1) is 0 Å². The molecule has 0 spiro atoms. The second kappa shape index (κ2) is 9.39. The van der Waals surface area contributed by atoms with Crippen LogP contribution in [-0.4, -0.2) is 30.8 Å². The standard InChI is InChI=1S/C14H21BrN2OS/c1-3-16-11(2)10-17-14(18)8-9-19-13-6-4-12(15)5-7-13/h4-7,11,16H,3,8-10H2,1-2H3,(H,17,18)/t11-/m1/s1. The molecule has 1 amide bonds. The molecule has 0 aliphatic rings. The van der Waals surface area contributed by atoms with E-state index in [2.05, 4.69) is 52.5 Å². The maximum Gasteiger partial charge on any atom is 0.220 e. The molecule has 0 heterocycles. The van der Waals surface area contributed by atoms with Crippen LogP contribution in [0, 0.1) is 0 Å². The van der Waals surface area contributed by atoms with Crippen molar-refractivity contribution in [3.05, 3.63) is 28.7 Å². The van der Waals surface area contributed by atoms with E-state index in [1.165, 1.54) is 4.90 Å². The minimum atomic E-state index is 0.120. The van der Waals surface area contributed by atoms with Gasteiger partial charge >= 0.3 is 0 Å². The summed E-state index contributed by atoms with van der Waals surface area (Å²) in [6.45, 7) is 5.75. The number of amides is 1. The van der Waals surface area contributed by atoms with Crippen LogP contribution in [0.4, 0.5) is 0 Å². The van der Waals surface area contributed by atoms with Crippen LogP contribution in [0.3, 0.4) is 0 Å². The highest BCUT2D eigenvalue weighted by molar-refractivity contribution is 9.10. The van der Waals surface area contributed by atoms with E-state index < -0.39 is 0 Å². The number of benzene rings is 1. The molecule has 0 aromatic heterocycles. The van der Waals surface area contributed by atoms with Crippen molar-refractivity contribution in [3.8, 4) is 0 Å². The number of carbonyl (C=O) groups is 1. The smallest absolute Gasteiger partial charge is 0.220 e. The zero-order valence-electron chi connectivity index (χ0n) is 11.4. The van der Waals surface area contributed by atoms with E-state index in [0.717, 1.165) is 16.8 Å². The summed E-state index contributed by atoms with van der Waals surface area (Å²) in [5.74, 6) is 0.928. The number of carbonyl (C=O) groups excluding carboxylic acids is 1. The van der Waals surface area contributed by atoms with Crippen molar-refractivity contribution < 1.29 is 4.79 Å². The summed E-state index contributed by atoms with van der Waals surface area (Å²) in [5, 5.41) is 6.20. The Morgan fingerprint density at radius 2 is 2.05 bits per heavy atom. The van der Waals surface area contributed by atoms with E-state index in [4.69, 9.17) is 0 Å². The first-order valence-electron chi connectivity index (χ1n) is 6.50. The number of rotatable bonds is 8. The third-order valence-electron chi connectivity index (χ3n) is 2.57. The maximum absolute atomic E-state index is 11.6. The number of thioether (sulfide) groups is 1. The molecule has 0 unspecified atom stereocenters. The van der Waals surface area contributed by atoms with Gasteiger partial charge in [0.25, 0.3) is 0 Å². The molecule has 1 aromatic rings. The molecule has 19 heavy (non-hydrogen) atoms. The zero-order valence-corrected chi connectivity index (χ0v) is 13.8. The Hall–Kier alpha value is -0.520. The van der Waals surface area contributed by atoms with Gasteiger partial charge in [0.1, 0.15) is 0 Å². The van der Waals surface area contributed by atoms with Gasteiger partial charge in [-0.25, -0.2) is 0 Å². The van der Waals surface area contributed by atoms with Crippen molar-refractivity contribution in [1.82, 2.24) is 10.6 Å². The molecule has 1 atom stereocenters. The number of halogens is 1. The van der Waals surface area contributed by atoms with Gasteiger partial charge in [-0.05, 0) is 37.7 Å². The average Bonchev–Trinajstić information content (AvgIpc) is 2.39. The predicted octanol–water partition coefficient (Wildman–Crippen LogP) is 3.05. The highest BCUT2D eigenvalue weighted by Gasteiger charge is 2.04. The van der Waals surface area contributed by atoms with Crippen molar-refractivity contribution in [2.24, 2.45) is 0 Å². The fraction of sp³-hybridized carbons (Fsp3) is 0.500. The minimum Gasteiger partial charge on any atom is -0.355 e. The number of nitrogens with one attached hydrogen (secondary N) is 2. The average molecular weight is 345 g/mol. The Labute approximate surface area is 128 Å². The summed E-state index contributed by atoms with van der Waals surface area (Å²) >= 11 is 5.11. The van der Waals surface area contributed by atoms with Crippen molar-refractivity contribution in [2.45, 2.75) is 31.2 Å². The quantitative estimate of drug-likeness (QED) is 0.712. The van der Waals surface area contributed by atoms with Gasteiger partial charge < -0.3 is 10.6 Å². The third kappa shape index (κ3) is 7.60. The molecule has 2 N–H and O–H groups in total. The molecule has 0 aliphatic heterocycles. The molecule has 0 aliphatic carbocycles. The van der Waals surface area contributed by atoms with Gasteiger partial charge in [0.2, 0.25) is 5.91 Å². The molecule has 3 nitrogen and oxygen atoms in total. The first kappa shape index (κ1) is 16.5. The van der Waals surface area contributed by atoms with E-state index in [1.54, 1.807) is 11.8 Å². The number of hydrogen-bond donors (Lipinski definition) is 2. The Morgan fingerprint density at radius 3 is 2.68 bits per heavy atom. The molecular weight excluding hydrogens is 324 g/mol. The van der Waals surface area contributed by atoms with Gasteiger partial charge in [-0.15, -0.1) is 11.8 Å². The van der Waals surface area contributed by atoms with Crippen molar-refractivity contribution >= 4 is 33.6 Å². The monoisotopic (exact) mass is 344 g/mol. The summed E-state index contributed by atoms with van der Waals surface area (Å²) in [7, 11) is 0. The fourth-order valence-corrected chi connectivity index (χ4v) is 2.68. The summed E-state index contributed by atoms with van der Waals surface area (Å²) in [6, 6.07) is 8.47. The van der Waals surface area contributed by atoms with Gasteiger partial charge in [0.15, 0.2) is 0 Å². The second-order valence-electron chi connectivity index (χ2n) is 4.32. The largest absolute Gasteiger partial charge is 0.355 e. The lowest BCUT2D eigenvalue weighted by atomic mass is 10.3. The van der Waals surface area contributed by atoms with Crippen LogP contribution in [0.15, 0.2) is 33.6 Å². The Balaban J connectivity index is 2.15. The summed E-state index contributed by atoms with van der Waals surface area (Å²) in [5.41, 5.74) is 0. The normalized spacial score (nSPS) is 12.2. The lowest BCUT2D eigenvalue weighted by Gasteiger charge is -2.13. The molecule has 106 valence electrons. The van der Waals surface area contributed by atoms with E-state index >= 15 is 0 Å². The van der Waals surface area contributed by atoms with Crippen molar-refractivity contribution in [1.29, 1.82) is 0 Å². The highest BCUT2D eigenvalue weighted by atomic mass is 79.9. The van der Waals surface area contributed by atoms with Crippen molar-refractivity contribution in [2.75, 3.05) is 18.8 Å². The summed E-state index contributed by atoms with van der Waals surface area (Å²) < 4.78 is 1.08. The zero-order chi connectivity index (χ0) is 14.1. The van der Waals surface area contributed by atoms with Crippen LogP contribution in [-0.2, 0) is 4.79 Å². The number of hydrogen-bond acceptors (Lipinski definition) is 3. The summed E-state index contributed by atoms with van der Waals surface area (Å²) in [6.07, 6.45) is 0.555. The van der Waals surface area contributed by atoms with Crippen LogP contribution < -0.4 is 10.6 Å². The van der Waals surface area contributed by atoms with Gasteiger partial charge in [-0.2, -0.15) is 0 Å². The SMILES string of the molecule is CCN[C@H](C)CNC(=O)CCSc1ccc(Br)cc1.